The van der Waals surface area contributed by atoms with Crippen LogP contribution in [-0.2, 0) is 51.3 Å². The van der Waals surface area contributed by atoms with Crippen LogP contribution >= 0.6 is 0 Å². The molecule has 13 N–H and O–H groups in total. The van der Waals surface area contributed by atoms with Crippen molar-refractivity contribution < 1.29 is 147 Å². The molecule has 8 aromatic carbocycles. The molecule has 38 heteroatoms. The predicted octanol–water partition coefficient (Wildman–Crippen LogP) is 8.12. The molecule has 0 aromatic heterocycles. The lowest BCUT2D eigenvalue weighted by molar-refractivity contribution is -0.168. The third kappa shape index (κ3) is 14.0. The van der Waals surface area contributed by atoms with Gasteiger partial charge in [-0.3, -0.25) is 43.6 Å². The number of ether oxygens (including phenoxy) is 12. The minimum absolute atomic E-state index is 0.0118. The molecular weight excluding hydrogens is 1840 g/mol. The van der Waals surface area contributed by atoms with Crippen molar-refractivity contribution in [3.63, 3.8) is 0 Å². The summed E-state index contributed by atoms with van der Waals surface area (Å²) in [5.41, 5.74) is 13.9. The maximum Gasteiger partial charge on any atom is 0.245 e. The number of aryl methyl sites for hydroxylation is 4. The Morgan fingerprint density at radius 2 is 0.648 bits per heavy atom. The fourth-order valence-corrected chi connectivity index (χ4v) is 25.7. The highest BCUT2D eigenvalue weighted by molar-refractivity contribution is 6.10. The first-order valence-electron chi connectivity index (χ1n) is 46.7. The first-order valence-corrected chi connectivity index (χ1v) is 46.7. The topological polar surface area (TPSA) is 485 Å². The van der Waals surface area contributed by atoms with E-state index in [1.54, 1.807) is 62.6 Å². The summed E-state index contributed by atoms with van der Waals surface area (Å²) in [7, 11) is 24.9. The van der Waals surface area contributed by atoms with Gasteiger partial charge in [0.25, 0.3) is 0 Å². The number of Topliss-reactive ketones (excluding diaryl/α,β-unsaturated/α-hetero) is 1. The number of aliphatic hydroxyl groups excluding tert-OH is 5. The number of likely N-dealkylation sites (N-methyl/N-ethyl adjacent to an activating group) is 4. The average Bonchev–Trinajstić information content (AvgIpc) is 0.697. The molecule has 12 heterocycles. The van der Waals surface area contributed by atoms with Crippen molar-refractivity contribution in [2.45, 2.75) is 184 Å². The maximum atomic E-state index is 14.2. The number of rotatable bonds is 16. The molecule has 4 saturated heterocycles. The minimum atomic E-state index is -1.35. The number of benzene rings is 8. The first-order chi connectivity index (χ1) is 67.7. The number of aliphatic hydroxyl groups is 5. The second-order valence-corrected chi connectivity index (χ2v) is 38.2. The van der Waals surface area contributed by atoms with E-state index >= 15 is 0 Å². The summed E-state index contributed by atoms with van der Waals surface area (Å²) in [4.78, 5) is 83.7. The smallest absolute Gasteiger partial charge is 0.245 e. The van der Waals surface area contributed by atoms with Gasteiger partial charge in [-0.2, -0.15) is 0 Å². The van der Waals surface area contributed by atoms with Crippen molar-refractivity contribution in [2.24, 2.45) is 0 Å². The third-order valence-electron chi connectivity index (χ3n) is 31.9. The van der Waals surface area contributed by atoms with Gasteiger partial charge in [0.15, 0.2) is 97.8 Å². The zero-order chi connectivity index (χ0) is 103. The van der Waals surface area contributed by atoms with Crippen LogP contribution < -0.4 is 56.8 Å². The Kier molecular flexibility index (Phi) is 26.3. The molecule has 4 amide bonds. The van der Waals surface area contributed by atoms with E-state index in [4.69, 9.17) is 56.8 Å². The number of hydrogen-bond donors (Lipinski definition) is 13. The van der Waals surface area contributed by atoms with Crippen LogP contribution in [0.1, 0.15) is 193 Å². The fraction of sp³-hybridized carbons (Fsp3) is 0.471. The Labute approximate surface area is 820 Å². The molecule has 0 radical (unpaired) electrons. The van der Waals surface area contributed by atoms with Gasteiger partial charge in [0, 0.05) is 89.1 Å². The van der Waals surface area contributed by atoms with Crippen LogP contribution in [0.2, 0.25) is 0 Å². The number of carbonyl (C=O) groups excluding carboxylic acids is 5. The van der Waals surface area contributed by atoms with Crippen LogP contribution in [0.5, 0.6) is 115 Å². The van der Waals surface area contributed by atoms with Crippen LogP contribution in [0.15, 0.2) is 30.0 Å². The molecule has 16 atom stereocenters. The molecule has 12 aliphatic rings. The lowest BCUT2D eigenvalue weighted by atomic mass is 9.72. The van der Waals surface area contributed by atoms with Crippen LogP contribution in [0.25, 0.3) is 6.08 Å². The lowest BCUT2D eigenvalue weighted by Gasteiger charge is -2.58. The van der Waals surface area contributed by atoms with Gasteiger partial charge in [-0.15, -0.1) is 0 Å². The molecule has 12 aliphatic heterocycles. The van der Waals surface area contributed by atoms with Gasteiger partial charge in [0.1, 0.15) is 35.1 Å². The molecular formula is C104H124N8O30. The second kappa shape index (κ2) is 37.2. The van der Waals surface area contributed by atoms with Crippen molar-refractivity contribution in [3.05, 3.63) is 163 Å². The van der Waals surface area contributed by atoms with Crippen LogP contribution in [0.4, 0.5) is 0 Å². The van der Waals surface area contributed by atoms with E-state index in [9.17, 15) is 90.4 Å². The van der Waals surface area contributed by atoms with E-state index < -0.39 is 116 Å². The Morgan fingerprint density at radius 3 is 1.09 bits per heavy atom. The van der Waals surface area contributed by atoms with Gasteiger partial charge in [-0.05, 0) is 166 Å². The molecule has 0 aliphatic carbocycles. The van der Waals surface area contributed by atoms with E-state index in [-0.39, 0.29) is 122 Å². The highest BCUT2D eigenvalue weighted by Crippen LogP contribution is 2.65. The van der Waals surface area contributed by atoms with Crippen LogP contribution in [0.3, 0.4) is 0 Å². The summed E-state index contributed by atoms with van der Waals surface area (Å²) in [6.45, 7) is 12.4. The second-order valence-electron chi connectivity index (χ2n) is 38.2. The molecule has 38 nitrogen and oxygen atoms in total. The van der Waals surface area contributed by atoms with E-state index in [1.165, 1.54) is 95.1 Å². The van der Waals surface area contributed by atoms with Gasteiger partial charge in [0.2, 0.25) is 23.6 Å². The predicted molar refractivity (Wildman–Crippen MR) is 512 cm³/mol. The highest BCUT2D eigenvalue weighted by atomic mass is 16.5. The van der Waals surface area contributed by atoms with Gasteiger partial charge in [0.05, 0.1) is 202 Å². The number of methoxy groups -OCH3 is 12. The molecule has 760 valence electrons. The first kappa shape index (κ1) is 100. The van der Waals surface area contributed by atoms with Crippen molar-refractivity contribution in [1.82, 2.24) is 39.2 Å². The zero-order valence-corrected chi connectivity index (χ0v) is 83.8. The minimum Gasteiger partial charge on any atom is -0.507 e. The standard InChI is InChI=1S/C26H32N2O8.C26H30N2O8.C26H32N2O7.C26H30N2O7/c2*1-10-7-12-8-13-26(33)28-14(9-29)16-17(20(30)11(2)24(35-5)25(16)36-6)21(31)19(28)18(27(13)3)15(12)22(32)23(10)34-4;2*1-11-7-13-8-16-26(32)28-15(20(27(16)3)18(13)22(31)23(11)33-4)9-14-19(17(28)10-29)25(35-6)24(34-5)12(2)21(14)30/h7,13-14,18-19,21,29-32H,8-9H2,1-6H3;7,13-14,18-19,29-30,32H,8-9H2,1-6H3;7,15-17,20,29-31H,8-10H2,1-6H3;7,9,16-17,20,29-31H,8,10H2,1-6H3/t13-,14-,18+,19?,21?;13-,14-,18+,19?;15?,16-,17-,20-;16-,17-,20-/m0000/s1. The number of fused-ring (bicyclic) bond motifs is 28. The zero-order valence-electron chi connectivity index (χ0n) is 83.8. The van der Waals surface area contributed by atoms with Crippen molar-refractivity contribution >= 4 is 35.5 Å². The molecule has 142 heavy (non-hydrogen) atoms. The number of phenolic OH excluding ortho intramolecular Hbond substituents is 8. The van der Waals surface area contributed by atoms with Gasteiger partial charge >= 0.3 is 0 Å². The molecule has 4 fully saturated rings. The fourth-order valence-electron chi connectivity index (χ4n) is 25.7. The summed E-state index contributed by atoms with van der Waals surface area (Å²) in [5.74, 6) is 2.08. The van der Waals surface area contributed by atoms with E-state index in [0.717, 1.165) is 50.1 Å². The van der Waals surface area contributed by atoms with Crippen molar-refractivity contribution in [3.8, 4) is 115 Å². The molecule has 8 bridgehead atoms. The third-order valence-corrected chi connectivity index (χ3v) is 31.9. The van der Waals surface area contributed by atoms with Crippen LogP contribution in [0, 0.1) is 55.4 Å². The molecule has 8 aromatic rings. The number of amides is 4. The molecule has 0 spiro atoms. The maximum absolute atomic E-state index is 14.2. The average molecular weight is 1970 g/mol. The van der Waals surface area contributed by atoms with Crippen molar-refractivity contribution in [1.29, 1.82) is 0 Å². The van der Waals surface area contributed by atoms with Gasteiger partial charge in [-0.25, -0.2) is 0 Å². The number of piperazine rings is 4. The number of aromatic hydroxyl groups is 8. The van der Waals surface area contributed by atoms with Crippen LogP contribution in [-0.4, -0.2) is 317 Å². The largest absolute Gasteiger partial charge is 0.507 e. The Morgan fingerprint density at radius 1 is 0.310 bits per heavy atom. The summed E-state index contributed by atoms with van der Waals surface area (Å²) in [6.07, 6.45) is 2.24. The number of hydrogen-bond acceptors (Lipinski definition) is 34. The van der Waals surface area contributed by atoms with E-state index in [2.05, 4.69) is 0 Å². The quantitative estimate of drug-likeness (QED) is 0.0434. The number of nitrogens with zero attached hydrogens (tertiary/aromatic N) is 8. The SMILES string of the molecule is COc1c(C)cc2c(c1O)[C@@H]1C3=Cc4c(O)c(C)c(OC)c(OC)c4[C@H](CO)N3C(=O)[C@H](C2)N1C.COc1c(C)cc2c(c1O)[C@@H]1C3C(=O)c4c(O)c(C)c(OC)c(OC)c4[C@H](CO)N3C(=O)[C@H](C2)N1C.COc1c(C)cc2c(c1O)[C@@H]1C3C(O)c4c(O)c(C)c(OC)c(OC)c4[C@H](CO)N3C(=O)[C@H](C2)N1C.COc1c(C)cc2c(c1O)[C@@H]1C3Cc4c(O)c(C)c(OC)c(OC)c4[C@H](CO)N3C(=O)[C@H](C2)N1C. The van der Waals surface area contributed by atoms with Gasteiger partial charge < -0.3 is 143 Å². The number of carbonyl (C=O) groups is 5. The Balaban J connectivity index is 0.000000130. The summed E-state index contributed by atoms with van der Waals surface area (Å²) in [6, 6.07) is -2.46. The van der Waals surface area contributed by atoms with Crippen molar-refractivity contribution in [2.75, 3.05) is 140 Å². The Bertz CT molecular complexity index is 6640. The van der Waals surface area contributed by atoms with E-state index in [0.29, 0.717) is 151 Å². The summed E-state index contributed by atoms with van der Waals surface area (Å²) in [5, 5.41) is 144. The molecule has 0 saturated carbocycles. The van der Waals surface area contributed by atoms with Gasteiger partial charge in [-0.1, -0.05) is 24.3 Å². The number of ketones is 1. The van der Waals surface area contributed by atoms with E-state index in [1.807, 2.05) is 80.8 Å². The molecule has 20 rings (SSSR count). The molecule has 4 unspecified atom stereocenters. The lowest BCUT2D eigenvalue weighted by Crippen LogP contribution is -2.68. The summed E-state index contributed by atoms with van der Waals surface area (Å²) < 4.78 is 66.5. The number of phenols is 8. The summed E-state index contributed by atoms with van der Waals surface area (Å²) >= 11 is 0. The normalized spacial score (nSPS) is 24.8. The Hall–Kier alpha value is -13.3. The monoisotopic (exact) mass is 1960 g/mol. The highest BCUT2D eigenvalue weighted by Gasteiger charge is 2.64.